The molecule has 15 heavy (non-hydrogen) atoms. The molecule has 2 fully saturated rings. The van der Waals surface area contributed by atoms with Crippen molar-refractivity contribution in [2.45, 2.75) is 37.4 Å². The van der Waals surface area contributed by atoms with Gasteiger partial charge in [0.2, 0.25) is 5.91 Å². The summed E-state index contributed by atoms with van der Waals surface area (Å²) in [5, 5.41) is 2.00. The van der Waals surface area contributed by atoms with Gasteiger partial charge in [-0.1, -0.05) is 0 Å². The molecular weight excluding hydrogens is 210 g/mol. The largest absolute Gasteiger partial charge is 0.329 e. The molecule has 1 saturated carbocycles. The van der Waals surface area contributed by atoms with E-state index in [4.69, 9.17) is 5.73 Å². The summed E-state index contributed by atoms with van der Waals surface area (Å²) in [4.78, 5) is 18.0. The summed E-state index contributed by atoms with van der Waals surface area (Å²) in [5.74, 6) is 0.197. The zero-order valence-corrected chi connectivity index (χ0v) is 9.11. The molecule has 0 radical (unpaired) electrons. The lowest BCUT2D eigenvalue weighted by Crippen LogP contribution is -2.34. The van der Waals surface area contributed by atoms with Crippen molar-refractivity contribution in [3.8, 4) is 0 Å². The number of carbonyl (C=O) groups excluding carboxylic acids is 1. The van der Waals surface area contributed by atoms with Crippen LogP contribution in [0.5, 0.6) is 0 Å². The highest BCUT2D eigenvalue weighted by Gasteiger charge is 2.46. The Labute approximate surface area is 92.1 Å². The van der Waals surface area contributed by atoms with Crippen LogP contribution in [-0.4, -0.2) is 27.9 Å². The standard InChI is InChI=1S/C10H13N3OS/c11-7-3-9(14)13(6-1-2-6)10(7)8-4-15-5-12-8/h4-7,10H,1-3,11H2. The number of nitrogens with zero attached hydrogens (tertiary/aromatic N) is 2. The molecule has 0 aromatic carbocycles. The van der Waals surface area contributed by atoms with Crippen LogP contribution >= 0.6 is 11.3 Å². The molecule has 2 aliphatic rings. The zero-order chi connectivity index (χ0) is 10.4. The lowest BCUT2D eigenvalue weighted by Gasteiger charge is -2.25. The van der Waals surface area contributed by atoms with Gasteiger partial charge in [-0.25, -0.2) is 4.98 Å². The average molecular weight is 223 g/mol. The molecular formula is C10H13N3OS. The van der Waals surface area contributed by atoms with E-state index in [9.17, 15) is 4.79 Å². The Morgan fingerprint density at radius 1 is 1.53 bits per heavy atom. The van der Waals surface area contributed by atoms with Gasteiger partial charge in [-0.2, -0.15) is 0 Å². The Hall–Kier alpha value is -0.940. The zero-order valence-electron chi connectivity index (χ0n) is 8.30. The van der Waals surface area contributed by atoms with E-state index in [0.717, 1.165) is 18.5 Å². The molecule has 1 saturated heterocycles. The minimum atomic E-state index is -0.0831. The first-order valence-corrected chi connectivity index (χ1v) is 6.16. The molecule has 1 aliphatic carbocycles. The van der Waals surface area contributed by atoms with Crippen molar-refractivity contribution in [1.82, 2.24) is 9.88 Å². The van der Waals surface area contributed by atoms with E-state index in [2.05, 4.69) is 4.98 Å². The number of likely N-dealkylation sites (tertiary alicyclic amines) is 1. The summed E-state index contributed by atoms with van der Waals surface area (Å²) in [6, 6.07) is 0.370. The maximum absolute atomic E-state index is 11.8. The number of amides is 1. The minimum Gasteiger partial charge on any atom is -0.329 e. The number of hydrogen-bond donors (Lipinski definition) is 1. The first-order valence-electron chi connectivity index (χ1n) is 5.22. The highest BCUT2D eigenvalue weighted by molar-refractivity contribution is 7.07. The molecule has 1 aromatic rings. The smallest absolute Gasteiger partial charge is 0.225 e. The van der Waals surface area contributed by atoms with E-state index in [1.54, 1.807) is 16.8 Å². The summed E-state index contributed by atoms with van der Waals surface area (Å²) < 4.78 is 0. The van der Waals surface area contributed by atoms with Gasteiger partial charge in [0, 0.05) is 23.9 Å². The van der Waals surface area contributed by atoms with Crippen LogP contribution in [0.15, 0.2) is 10.9 Å². The van der Waals surface area contributed by atoms with Crippen molar-refractivity contribution < 1.29 is 4.79 Å². The van der Waals surface area contributed by atoms with E-state index in [1.807, 2.05) is 10.3 Å². The third-order valence-corrected chi connectivity index (χ3v) is 3.70. The summed E-state index contributed by atoms with van der Waals surface area (Å²) in [5.41, 5.74) is 8.78. The molecule has 2 N–H and O–H groups in total. The number of rotatable bonds is 2. The molecule has 0 bridgehead atoms. The van der Waals surface area contributed by atoms with Crippen molar-refractivity contribution in [3.05, 3.63) is 16.6 Å². The fourth-order valence-electron chi connectivity index (χ4n) is 2.29. The van der Waals surface area contributed by atoms with Crippen molar-refractivity contribution >= 4 is 17.2 Å². The molecule has 5 heteroatoms. The van der Waals surface area contributed by atoms with Gasteiger partial charge in [0.15, 0.2) is 0 Å². The highest BCUT2D eigenvalue weighted by atomic mass is 32.1. The SMILES string of the molecule is NC1CC(=O)N(C2CC2)C1c1cscn1. The van der Waals surface area contributed by atoms with Crippen LogP contribution in [0.25, 0.3) is 0 Å². The topological polar surface area (TPSA) is 59.2 Å². The second kappa shape index (κ2) is 3.28. The highest BCUT2D eigenvalue weighted by Crippen LogP contribution is 2.40. The minimum absolute atomic E-state index is 0.0243. The monoisotopic (exact) mass is 223 g/mol. The van der Waals surface area contributed by atoms with Gasteiger partial charge in [-0.05, 0) is 12.8 Å². The average Bonchev–Trinajstić information content (AvgIpc) is 2.79. The van der Waals surface area contributed by atoms with Crippen molar-refractivity contribution in [2.75, 3.05) is 0 Å². The number of thiazole rings is 1. The van der Waals surface area contributed by atoms with Crippen LogP contribution in [0.3, 0.4) is 0 Å². The van der Waals surface area contributed by atoms with Gasteiger partial charge in [0.1, 0.15) is 0 Å². The normalized spacial score (nSPS) is 31.3. The second-order valence-corrected chi connectivity index (χ2v) is 4.98. The summed E-state index contributed by atoms with van der Waals surface area (Å²) >= 11 is 1.56. The Kier molecular flexibility index (Phi) is 2.03. The molecule has 2 atom stereocenters. The van der Waals surface area contributed by atoms with Crippen molar-refractivity contribution in [1.29, 1.82) is 0 Å². The number of hydrogen-bond acceptors (Lipinski definition) is 4. The quantitative estimate of drug-likeness (QED) is 0.810. The fourth-order valence-corrected chi connectivity index (χ4v) is 2.88. The molecule has 1 amide bonds. The van der Waals surface area contributed by atoms with Crippen LogP contribution < -0.4 is 5.73 Å². The van der Waals surface area contributed by atoms with E-state index in [0.29, 0.717) is 12.5 Å². The maximum Gasteiger partial charge on any atom is 0.225 e. The van der Waals surface area contributed by atoms with Crippen molar-refractivity contribution in [3.63, 3.8) is 0 Å². The van der Waals surface area contributed by atoms with Gasteiger partial charge in [0.05, 0.1) is 17.2 Å². The lowest BCUT2D eigenvalue weighted by molar-refractivity contribution is -0.129. The van der Waals surface area contributed by atoms with E-state index >= 15 is 0 Å². The summed E-state index contributed by atoms with van der Waals surface area (Å²) in [6.45, 7) is 0. The molecule has 1 aromatic heterocycles. The molecule has 0 spiro atoms. The Morgan fingerprint density at radius 2 is 2.33 bits per heavy atom. The van der Waals surface area contributed by atoms with Gasteiger partial charge in [0.25, 0.3) is 0 Å². The van der Waals surface area contributed by atoms with Crippen LogP contribution in [0.2, 0.25) is 0 Å². The molecule has 3 rings (SSSR count). The molecule has 2 unspecified atom stereocenters. The van der Waals surface area contributed by atoms with E-state index in [-0.39, 0.29) is 18.0 Å². The Bertz CT molecular complexity index is 374. The predicted molar refractivity (Wildman–Crippen MR) is 57.3 cm³/mol. The summed E-state index contributed by atoms with van der Waals surface area (Å²) in [6.07, 6.45) is 2.72. The lowest BCUT2D eigenvalue weighted by atomic mass is 10.1. The molecule has 4 nitrogen and oxygen atoms in total. The van der Waals surface area contributed by atoms with Crippen molar-refractivity contribution in [2.24, 2.45) is 5.73 Å². The molecule has 1 aliphatic heterocycles. The van der Waals surface area contributed by atoms with Crippen LogP contribution in [0.4, 0.5) is 0 Å². The van der Waals surface area contributed by atoms with Crippen LogP contribution in [-0.2, 0) is 4.79 Å². The summed E-state index contributed by atoms with van der Waals surface area (Å²) in [7, 11) is 0. The van der Waals surface area contributed by atoms with E-state index in [1.165, 1.54) is 0 Å². The third-order valence-electron chi connectivity index (χ3n) is 3.10. The van der Waals surface area contributed by atoms with E-state index < -0.39 is 0 Å². The van der Waals surface area contributed by atoms with Crippen LogP contribution in [0, 0.1) is 0 Å². The Morgan fingerprint density at radius 3 is 2.93 bits per heavy atom. The maximum atomic E-state index is 11.8. The van der Waals surface area contributed by atoms with Gasteiger partial charge in [-0.3, -0.25) is 4.79 Å². The van der Waals surface area contributed by atoms with Gasteiger partial charge in [-0.15, -0.1) is 11.3 Å². The number of nitrogens with two attached hydrogens (primary N) is 1. The predicted octanol–water partition coefficient (Wildman–Crippen LogP) is 0.906. The fraction of sp³-hybridized carbons (Fsp3) is 0.600. The first-order chi connectivity index (χ1) is 7.27. The number of aromatic nitrogens is 1. The van der Waals surface area contributed by atoms with Gasteiger partial charge < -0.3 is 10.6 Å². The second-order valence-electron chi connectivity index (χ2n) is 4.26. The Balaban J connectivity index is 1.93. The third kappa shape index (κ3) is 1.46. The number of carbonyl (C=O) groups is 1. The first kappa shape index (κ1) is 9.30. The molecule has 2 heterocycles. The van der Waals surface area contributed by atoms with Gasteiger partial charge >= 0.3 is 0 Å². The molecule has 80 valence electrons. The van der Waals surface area contributed by atoms with Crippen LogP contribution in [0.1, 0.15) is 31.0 Å².